The van der Waals surface area contributed by atoms with Crippen molar-refractivity contribution in [2.75, 3.05) is 18.5 Å². The molecule has 25 heavy (non-hydrogen) atoms. The molecule has 0 saturated carbocycles. The average Bonchev–Trinajstić information content (AvgIpc) is 2.57. The van der Waals surface area contributed by atoms with E-state index in [1.54, 1.807) is 19.9 Å². The summed E-state index contributed by atoms with van der Waals surface area (Å²) in [6.45, 7) is 3.51. The monoisotopic (exact) mass is 348 g/mol. The molecule has 1 heterocycles. The summed E-state index contributed by atoms with van der Waals surface area (Å²) in [5.41, 5.74) is 0.911. The Morgan fingerprint density at radius 3 is 2.72 bits per heavy atom. The highest BCUT2D eigenvalue weighted by Crippen LogP contribution is 2.24. The van der Waals surface area contributed by atoms with Crippen molar-refractivity contribution in [2.24, 2.45) is 7.05 Å². The number of aromatic nitrogens is 2. The van der Waals surface area contributed by atoms with Crippen LogP contribution in [0.25, 0.3) is 0 Å². The summed E-state index contributed by atoms with van der Waals surface area (Å²) >= 11 is 0. The molecule has 0 spiro atoms. The Labute approximate surface area is 144 Å². The number of carbonyl (C=O) groups is 1. The van der Waals surface area contributed by atoms with Crippen molar-refractivity contribution in [3.8, 4) is 0 Å². The third kappa shape index (κ3) is 4.21. The Bertz CT molecular complexity index is 849. The van der Waals surface area contributed by atoms with Gasteiger partial charge < -0.3 is 15.7 Å². The van der Waals surface area contributed by atoms with Crippen molar-refractivity contribution in [1.82, 2.24) is 15.1 Å². The van der Waals surface area contributed by atoms with E-state index in [2.05, 4.69) is 15.7 Å². The summed E-state index contributed by atoms with van der Waals surface area (Å²) in [5, 5.41) is 18.2. The molecule has 0 atom stereocenters. The van der Waals surface area contributed by atoms with Gasteiger partial charge in [-0.2, -0.15) is 5.10 Å². The molecule has 2 aromatic rings. The maximum atomic E-state index is 14.1. The van der Waals surface area contributed by atoms with Crippen LogP contribution in [0.3, 0.4) is 0 Å². The van der Waals surface area contributed by atoms with Crippen LogP contribution < -0.4 is 16.2 Å². The number of hydrogen-bond acceptors (Lipinski definition) is 5. The van der Waals surface area contributed by atoms with Crippen LogP contribution >= 0.6 is 0 Å². The van der Waals surface area contributed by atoms with Gasteiger partial charge in [-0.1, -0.05) is 6.07 Å². The summed E-state index contributed by atoms with van der Waals surface area (Å²) in [6, 6.07) is 4.61. The highest BCUT2D eigenvalue weighted by Gasteiger charge is 2.20. The van der Waals surface area contributed by atoms with Crippen molar-refractivity contribution in [3.63, 3.8) is 0 Å². The molecule has 0 aliphatic heterocycles. The highest BCUT2D eigenvalue weighted by atomic mass is 19.1. The number of aryl methyl sites for hydroxylation is 2. The average molecular weight is 348 g/mol. The van der Waals surface area contributed by atoms with E-state index < -0.39 is 11.7 Å². The second-order valence-electron chi connectivity index (χ2n) is 5.72. The van der Waals surface area contributed by atoms with Crippen LogP contribution in [0.15, 0.2) is 23.0 Å². The zero-order chi connectivity index (χ0) is 18.6. The number of rotatable bonds is 6. The number of carbonyl (C=O) groups excluding carboxylic acids is 1. The molecular formula is C17H21FN4O3. The van der Waals surface area contributed by atoms with E-state index in [1.165, 1.54) is 19.2 Å². The van der Waals surface area contributed by atoms with Crippen LogP contribution in [0.2, 0.25) is 0 Å². The maximum absolute atomic E-state index is 14.1. The van der Waals surface area contributed by atoms with Crippen LogP contribution in [0, 0.1) is 19.7 Å². The van der Waals surface area contributed by atoms with Crippen LogP contribution in [-0.4, -0.2) is 33.9 Å². The largest absolute Gasteiger partial charge is 0.396 e. The summed E-state index contributed by atoms with van der Waals surface area (Å²) in [4.78, 5) is 24.5. The van der Waals surface area contributed by atoms with Crippen molar-refractivity contribution >= 4 is 17.3 Å². The Kier molecular flexibility index (Phi) is 5.87. The first kappa shape index (κ1) is 18.6. The van der Waals surface area contributed by atoms with Gasteiger partial charge in [0.05, 0.1) is 11.4 Å². The van der Waals surface area contributed by atoms with Crippen molar-refractivity contribution in [2.45, 2.75) is 20.3 Å². The lowest BCUT2D eigenvalue weighted by atomic mass is 10.1. The predicted molar refractivity (Wildman–Crippen MR) is 92.7 cm³/mol. The van der Waals surface area contributed by atoms with Gasteiger partial charge >= 0.3 is 0 Å². The number of hydrogen-bond donors (Lipinski definition) is 3. The molecule has 0 radical (unpaired) electrons. The zero-order valence-corrected chi connectivity index (χ0v) is 14.4. The van der Waals surface area contributed by atoms with Gasteiger partial charge in [0.1, 0.15) is 5.82 Å². The molecule has 1 aromatic carbocycles. The minimum Gasteiger partial charge on any atom is -0.396 e. The van der Waals surface area contributed by atoms with Gasteiger partial charge in [0.15, 0.2) is 5.69 Å². The van der Waals surface area contributed by atoms with E-state index in [4.69, 9.17) is 5.11 Å². The normalized spacial score (nSPS) is 10.6. The molecule has 0 saturated heterocycles. The van der Waals surface area contributed by atoms with Gasteiger partial charge in [-0.3, -0.25) is 9.59 Å². The molecule has 0 fully saturated rings. The van der Waals surface area contributed by atoms with Crippen molar-refractivity contribution in [3.05, 3.63) is 51.2 Å². The van der Waals surface area contributed by atoms with Gasteiger partial charge in [0.25, 0.3) is 11.5 Å². The number of halogens is 1. The van der Waals surface area contributed by atoms with Gasteiger partial charge in [-0.15, -0.1) is 0 Å². The van der Waals surface area contributed by atoms with Crippen LogP contribution in [0.4, 0.5) is 15.8 Å². The molecule has 0 aliphatic carbocycles. The molecule has 0 aliphatic rings. The molecule has 7 nitrogen and oxygen atoms in total. The topological polar surface area (TPSA) is 96.2 Å². The first-order chi connectivity index (χ1) is 11.8. The number of benzene rings is 1. The number of anilines is 2. The molecule has 1 amide bonds. The van der Waals surface area contributed by atoms with E-state index >= 15 is 0 Å². The molecular weight excluding hydrogens is 327 g/mol. The number of nitrogens with one attached hydrogen (secondary N) is 2. The lowest BCUT2D eigenvalue weighted by molar-refractivity contribution is 0.0944. The summed E-state index contributed by atoms with van der Waals surface area (Å²) in [7, 11) is 1.44. The number of nitrogens with zero attached hydrogens (tertiary/aromatic N) is 2. The van der Waals surface area contributed by atoms with Crippen molar-refractivity contribution < 1.29 is 14.3 Å². The second-order valence-corrected chi connectivity index (χ2v) is 5.72. The quantitative estimate of drug-likeness (QED) is 0.686. The van der Waals surface area contributed by atoms with Crippen LogP contribution in [0.5, 0.6) is 0 Å². The van der Waals surface area contributed by atoms with Crippen molar-refractivity contribution in [1.29, 1.82) is 0 Å². The Morgan fingerprint density at radius 1 is 1.36 bits per heavy atom. The van der Waals surface area contributed by atoms with Gasteiger partial charge in [0, 0.05) is 25.8 Å². The molecule has 1 aromatic heterocycles. The van der Waals surface area contributed by atoms with Gasteiger partial charge in [0.2, 0.25) is 0 Å². The summed E-state index contributed by atoms with van der Waals surface area (Å²) in [6.07, 6.45) is 0.395. The SMILES string of the molecule is Cc1ccc(Nc2c(C(=O)NCCCO)nn(C)c(=O)c2C)c(F)c1. The Morgan fingerprint density at radius 2 is 2.08 bits per heavy atom. The first-order valence-electron chi connectivity index (χ1n) is 7.85. The highest BCUT2D eigenvalue weighted by molar-refractivity contribution is 5.98. The van der Waals surface area contributed by atoms with E-state index in [9.17, 15) is 14.0 Å². The van der Waals surface area contributed by atoms with Gasteiger partial charge in [-0.05, 0) is 38.0 Å². The summed E-state index contributed by atoms with van der Waals surface area (Å²) in [5.74, 6) is -1.01. The lowest BCUT2D eigenvalue weighted by Crippen LogP contribution is -2.32. The first-order valence-corrected chi connectivity index (χ1v) is 7.85. The number of aliphatic hydroxyl groups is 1. The fraction of sp³-hybridized carbons (Fsp3) is 0.353. The fourth-order valence-electron chi connectivity index (χ4n) is 2.31. The third-order valence-electron chi connectivity index (χ3n) is 3.70. The van der Waals surface area contributed by atoms with E-state index in [1.807, 2.05) is 0 Å². The molecule has 0 bridgehead atoms. The lowest BCUT2D eigenvalue weighted by Gasteiger charge is -2.15. The number of aliphatic hydroxyl groups excluding tert-OH is 1. The molecule has 0 unspecified atom stereocenters. The molecule has 8 heteroatoms. The number of amides is 1. The zero-order valence-electron chi connectivity index (χ0n) is 14.4. The minimum atomic E-state index is -0.512. The minimum absolute atomic E-state index is 0.0162. The standard InChI is InChI=1S/C17H21FN4O3/c1-10-5-6-13(12(18)9-10)20-14-11(2)17(25)22(3)21-15(14)16(24)19-7-4-8-23/h5-6,9,20,23H,4,7-8H2,1-3H3,(H,19,24). The smallest absolute Gasteiger partial charge is 0.273 e. The van der Waals surface area contributed by atoms with Crippen LogP contribution in [0.1, 0.15) is 28.0 Å². The predicted octanol–water partition coefficient (Wildman–Crippen LogP) is 1.39. The Hall–Kier alpha value is -2.74. The Balaban J connectivity index is 2.45. The third-order valence-corrected chi connectivity index (χ3v) is 3.70. The summed E-state index contributed by atoms with van der Waals surface area (Å²) < 4.78 is 15.2. The maximum Gasteiger partial charge on any atom is 0.273 e. The second kappa shape index (κ2) is 7.89. The van der Waals surface area contributed by atoms with E-state index in [0.717, 1.165) is 10.2 Å². The molecule has 2 rings (SSSR count). The van der Waals surface area contributed by atoms with Gasteiger partial charge in [-0.25, -0.2) is 9.07 Å². The van der Waals surface area contributed by atoms with Crippen LogP contribution in [-0.2, 0) is 7.05 Å². The fourth-order valence-corrected chi connectivity index (χ4v) is 2.31. The van der Waals surface area contributed by atoms with E-state index in [-0.39, 0.29) is 41.3 Å². The van der Waals surface area contributed by atoms with E-state index in [0.29, 0.717) is 6.42 Å². The molecule has 134 valence electrons. The molecule has 3 N–H and O–H groups in total.